The minimum Gasteiger partial charge on any atom is -0.368 e. The lowest BCUT2D eigenvalue weighted by molar-refractivity contribution is -0.117. The van der Waals surface area contributed by atoms with Crippen LogP contribution in [0.1, 0.15) is 11.1 Å². The molecule has 1 amide bonds. The van der Waals surface area contributed by atoms with Crippen molar-refractivity contribution in [2.75, 3.05) is 0 Å². The predicted molar refractivity (Wildman–Crippen MR) is 53.6 cm³/mol. The van der Waals surface area contributed by atoms with Crippen LogP contribution in [-0.2, 0) is 11.2 Å². The van der Waals surface area contributed by atoms with Gasteiger partial charge in [-0.15, -0.1) is 11.6 Å². The quantitative estimate of drug-likeness (QED) is 0.797. The number of aryl methyl sites for hydroxylation is 1. The normalized spacial score (nSPS) is 12.5. The number of hydrogen-bond acceptors (Lipinski definition) is 1. The van der Waals surface area contributed by atoms with Gasteiger partial charge in [-0.3, -0.25) is 4.79 Å². The van der Waals surface area contributed by atoms with Crippen LogP contribution in [0.25, 0.3) is 0 Å². The minimum absolute atomic E-state index is 0.200. The number of carbonyl (C=O) groups is 1. The standard InChI is InChI=1S/C10H10ClF2NO/c1-5-2-3-8(12)6(9(5)13)4-7(11)10(14)15/h2-3,7H,4H2,1H3,(H2,14,15). The maximum absolute atomic E-state index is 13.4. The highest BCUT2D eigenvalue weighted by Crippen LogP contribution is 2.19. The molecule has 15 heavy (non-hydrogen) atoms. The highest BCUT2D eigenvalue weighted by atomic mass is 35.5. The zero-order chi connectivity index (χ0) is 11.6. The lowest BCUT2D eigenvalue weighted by atomic mass is 10.0. The average Bonchev–Trinajstić information content (AvgIpc) is 2.18. The van der Waals surface area contributed by atoms with Crippen molar-refractivity contribution >= 4 is 17.5 Å². The highest BCUT2D eigenvalue weighted by molar-refractivity contribution is 6.30. The van der Waals surface area contributed by atoms with E-state index in [2.05, 4.69) is 0 Å². The van der Waals surface area contributed by atoms with E-state index in [0.717, 1.165) is 6.07 Å². The van der Waals surface area contributed by atoms with Gasteiger partial charge in [-0.1, -0.05) is 6.07 Å². The van der Waals surface area contributed by atoms with E-state index in [9.17, 15) is 13.6 Å². The summed E-state index contributed by atoms with van der Waals surface area (Å²) in [7, 11) is 0. The molecule has 82 valence electrons. The van der Waals surface area contributed by atoms with Crippen molar-refractivity contribution in [3.63, 3.8) is 0 Å². The van der Waals surface area contributed by atoms with E-state index in [1.165, 1.54) is 13.0 Å². The number of nitrogens with two attached hydrogens (primary N) is 1. The third-order valence-electron chi connectivity index (χ3n) is 2.07. The molecule has 0 saturated carbocycles. The van der Waals surface area contributed by atoms with Gasteiger partial charge in [0.05, 0.1) is 0 Å². The summed E-state index contributed by atoms with van der Waals surface area (Å²) in [5, 5.41) is -1.10. The van der Waals surface area contributed by atoms with Crippen molar-refractivity contribution in [1.82, 2.24) is 0 Å². The van der Waals surface area contributed by atoms with E-state index in [-0.39, 0.29) is 12.0 Å². The Morgan fingerprint density at radius 1 is 1.53 bits per heavy atom. The van der Waals surface area contributed by atoms with Crippen molar-refractivity contribution in [2.24, 2.45) is 5.73 Å². The maximum atomic E-state index is 13.4. The Balaban J connectivity index is 3.03. The van der Waals surface area contributed by atoms with Crippen LogP contribution in [0.5, 0.6) is 0 Å². The van der Waals surface area contributed by atoms with Crippen LogP contribution in [0.15, 0.2) is 12.1 Å². The number of amides is 1. The van der Waals surface area contributed by atoms with Crippen LogP contribution in [0.2, 0.25) is 0 Å². The molecule has 5 heteroatoms. The molecule has 0 aliphatic carbocycles. The molecule has 0 aliphatic heterocycles. The molecule has 0 saturated heterocycles. The van der Waals surface area contributed by atoms with E-state index >= 15 is 0 Å². The fourth-order valence-electron chi connectivity index (χ4n) is 1.18. The van der Waals surface area contributed by atoms with Crippen LogP contribution < -0.4 is 5.73 Å². The molecule has 1 unspecified atom stereocenters. The number of halogens is 3. The molecule has 2 N–H and O–H groups in total. The van der Waals surface area contributed by atoms with Gasteiger partial charge < -0.3 is 5.73 Å². The molecular weight excluding hydrogens is 224 g/mol. The Bertz CT molecular complexity index is 395. The summed E-state index contributed by atoms with van der Waals surface area (Å²) in [5.74, 6) is -2.19. The minimum atomic E-state index is -1.10. The van der Waals surface area contributed by atoms with E-state index in [0.29, 0.717) is 5.56 Å². The summed E-state index contributed by atoms with van der Waals surface area (Å²) in [6.07, 6.45) is -0.240. The lowest BCUT2D eigenvalue weighted by Crippen LogP contribution is -2.26. The van der Waals surface area contributed by atoms with Gasteiger partial charge in [0.2, 0.25) is 5.91 Å². The summed E-state index contributed by atoms with van der Waals surface area (Å²) in [6, 6.07) is 2.46. The number of hydrogen-bond donors (Lipinski definition) is 1. The Morgan fingerprint density at radius 2 is 2.13 bits per heavy atom. The van der Waals surface area contributed by atoms with Crippen molar-refractivity contribution in [3.8, 4) is 0 Å². The Morgan fingerprint density at radius 3 is 2.67 bits per heavy atom. The monoisotopic (exact) mass is 233 g/mol. The first kappa shape index (κ1) is 11.9. The first-order valence-corrected chi connectivity index (χ1v) is 4.74. The molecule has 1 aromatic carbocycles. The van der Waals surface area contributed by atoms with Gasteiger partial charge >= 0.3 is 0 Å². The van der Waals surface area contributed by atoms with Crippen LogP contribution in [0.4, 0.5) is 8.78 Å². The summed E-state index contributed by atoms with van der Waals surface area (Å²) >= 11 is 5.54. The molecule has 1 rings (SSSR count). The molecule has 2 nitrogen and oxygen atoms in total. The number of alkyl halides is 1. The summed E-state index contributed by atoms with van der Waals surface area (Å²) < 4.78 is 26.6. The number of primary amides is 1. The van der Waals surface area contributed by atoms with Gasteiger partial charge in [-0.25, -0.2) is 8.78 Å². The molecule has 0 spiro atoms. The lowest BCUT2D eigenvalue weighted by Gasteiger charge is -2.09. The highest BCUT2D eigenvalue weighted by Gasteiger charge is 2.18. The van der Waals surface area contributed by atoms with Crippen molar-refractivity contribution in [1.29, 1.82) is 0 Å². The van der Waals surface area contributed by atoms with Gasteiger partial charge in [-0.05, 0) is 18.6 Å². The topological polar surface area (TPSA) is 43.1 Å². The van der Waals surface area contributed by atoms with Crippen molar-refractivity contribution in [3.05, 3.63) is 34.9 Å². The third-order valence-corrected chi connectivity index (χ3v) is 2.44. The largest absolute Gasteiger partial charge is 0.368 e. The summed E-state index contributed by atoms with van der Waals surface area (Å²) in [6.45, 7) is 1.51. The van der Waals surface area contributed by atoms with Gasteiger partial charge in [0.25, 0.3) is 0 Å². The molecule has 0 radical (unpaired) electrons. The van der Waals surface area contributed by atoms with Gasteiger partial charge in [-0.2, -0.15) is 0 Å². The van der Waals surface area contributed by atoms with Crippen molar-refractivity contribution in [2.45, 2.75) is 18.7 Å². The van der Waals surface area contributed by atoms with Crippen LogP contribution >= 0.6 is 11.6 Å². The molecule has 0 fully saturated rings. The van der Waals surface area contributed by atoms with Gasteiger partial charge in [0, 0.05) is 12.0 Å². The van der Waals surface area contributed by atoms with Gasteiger partial charge in [0.1, 0.15) is 17.0 Å². The molecule has 0 heterocycles. The smallest absolute Gasteiger partial charge is 0.235 e. The third kappa shape index (κ3) is 2.65. The predicted octanol–water partition coefficient (Wildman–Crippen LogP) is 1.91. The number of carbonyl (C=O) groups excluding carboxylic acids is 1. The number of rotatable bonds is 3. The fourth-order valence-corrected chi connectivity index (χ4v) is 1.34. The molecule has 0 bridgehead atoms. The first-order chi connectivity index (χ1) is 6.93. The second kappa shape index (κ2) is 4.57. The molecular formula is C10H10ClF2NO. The number of benzene rings is 1. The zero-order valence-electron chi connectivity index (χ0n) is 8.06. The Hall–Kier alpha value is -1.16. The van der Waals surface area contributed by atoms with Gasteiger partial charge in [0.15, 0.2) is 0 Å². The van der Waals surface area contributed by atoms with E-state index in [1.807, 2.05) is 0 Å². The van der Waals surface area contributed by atoms with E-state index < -0.39 is 22.9 Å². The zero-order valence-corrected chi connectivity index (χ0v) is 8.81. The summed E-state index contributed by atoms with van der Waals surface area (Å²) in [5.41, 5.74) is 5.01. The van der Waals surface area contributed by atoms with Crippen LogP contribution in [-0.4, -0.2) is 11.3 Å². The summed E-state index contributed by atoms with van der Waals surface area (Å²) in [4.78, 5) is 10.7. The van der Waals surface area contributed by atoms with Crippen molar-refractivity contribution < 1.29 is 13.6 Å². The molecule has 1 aromatic rings. The fraction of sp³-hybridized carbons (Fsp3) is 0.300. The molecule has 1 atom stereocenters. The van der Waals surface area contributed by atoms with E-state index in [1.54, 1.807) is 0 Å². The SMILES string of the molecule is Cc1ccc(F)c(CC(Cl)C(N)=O)c1F. The first-order valence-electron chi connectivity index (χ1n) is 4.30. The molecule has 0 aromatic heterocycles. The Kier molecular flexibility index (Phi) is 3.63. The Labute approximate surface area is 91.0 Å². The maximum Gasteiger partial charge on any atom is 0.235 e. The average molecular weight is 234 g/mol. The molecule has 0 aliphatic rings. The second-order valence-corrected chi connectivity index (χ2v) is 3.76. The van der Waals surface area contributed by atoms with Crippen LogP contribution in [0.3, 0.4) is 0 Å². The van der Waals surface area contributed by atoms with E-state index in [4.69, 9.17) is 17.3 Å². The van der Waals surface area contributed by atoms with Crippen LogP contribution in [0, 0.1) is 18.6 Å². The second-order valence-electron chi connectivity index (χ2n) is 3.23.